The topological polar surface area (TPSA) is 129 Å². The molecular weight excluding hydrogens is 252 g/mol. The van der Waals surface area contributed by atoms with Gasteiger partial charge in [0.1, 0.15) is 0 Å². The number of hydrogen-bond acceptors (Lipinski definition) is 7. The molecule has 2 N–H and O–H groups in total. The molecule has 0 bridgehead atoms. The standard InChI is InChI=1S/C8H14O6.CH2O3/c1-5(2)11-7(9)13-14-8(10)12-6(3)4;2-1(3)4/h5-6H,1-4H3;(H2,2,3,4). The first-order valence-corrected chi connectivity index (χ1v) is 4.82. The molecule has 0 aliphatic carbocycles. The third-order valence-electron chi connectivity index (χ3n) is 0.842. The zero-order valence-corrected chi connectivity index (χ0v) is 10.4. The van der Waals surface area contributed by atoms with Crippen LogP contribution in [0, 0.1) is 0 Å². The molecule has 0 heterocycles. The predicted molar refractivity (Wildman–Crippen MR) is 56.1 cm³/mol. The van der Waals surface area contributed by atoms with Crippen molar-refractivity contribution in [2.75, 3.05) is 0 Å². The van der Waals surface area contributed by atoms with Gasteiger partial charge in [0.2, 0.25) is 0 Å². The molecule has 0 saturated heterocycles. The summed E-state index contributed by atoms with van der Waals surface area (Å²) in [7, 11) is 0. The lowest BCUT2D eigenvalue weighted by Crippen LogP contribution is -2.18. The van der Waals surface area contributed by atoms with Crippen LogP contribution in [0.3, 0.4) is 0 Å². The number of ether oxygens (including phenoxy) is 2. The van der Waals surface area contributed by atoms with Gasteiger partial charge in [-0.15, -0.1) is 0 Å². The molecule has 0 atom stereocenters. The van der Waals surface area contributed by atoms with Gasteiger partial charge in [-0.1, -0.05) is 0 Å². The molecule has 0 saturated carbocycles. The summed E-state index contributed by atoms with van der Waals surface area (Å²) in [4.78, 5) is 37.8. The van der Waals surface area contributed by atoms with Gasteiger partial charge in [0, 0.05) is 0 Å². The third-order valence-corrected chi connectivity index (χ3v) is 0.842. The molecule has 0 aliphatic rings. The second-order valence-corrected chi connectivity index (χ2v) is 3.28. The Hall–Kier alpha value is -2.19. The maximum Gasteiger partial charge on any atom is 0.550 e. The van der Waals surface area contributed by atoms with E-state index in [9.17, 15) is 9.59 Å². The van der Waals surface area contributed by atoms with E-state index in [1.165, 1.54) is 0 Å². The Labute approximate surface area is 103 Å². The van der Waals surface area contributed by atoms with Crippen LogP contribution in [0.1, 0.15) is 27.7 Å². The van der Waals surface area contributed by atoms with Crippen molar-refractivity contribution in [2.24, 2.45) is 0 Å². The zero-order chi connectivity index (χ0) is 14.7. The van der Waals surface area contributed by atoms with Crippen LogP contribution in [-0.2, 0) is 19.2 Å². The summed E-state index contributed by atoms with van der Waals surface area (Å²) in [6.07, 6.45) is -4.68. The SMILES string of the molecule is CC(C)OC(=O)OOC(=O)OC(C)C.O=C(O)O. The maximum absolute atomic E-state index is 10.7. The predicted octanol–water partition coefficient (Wildman–Crippen LogP) is 2.25. The first kappa shape index (κ1) is 18.2. The van der Waals surface area contributed by atoms with E-state index in [0.29, 0.717) is 0 Å². The summed E-state index contributed by atoms with van der Waals surface area (Å²) in [5, 5.41) is 13.9. The third kappa shape index (κ3) is 19.4. The molecule has 18 heavy (non-hydrogen) atoms. The average molecular weight is 268 g/mol. The molecule has 0 fully saturated rings. The van der Waals surface area contributed by atoms with Gasteiger partial charge in [0.25, 0.3) is 0 Å². The highest BCUT2D eigenvalue weighted by Crippen LogP contribution is 1.97. The first-order chi connectivity index (χ1) is 8.15. The van der Waals surface area contributed by atoms with Crippen molar-refractivity contribution in [2.45, 2.75) is 39.9 Å². The summed E-state index contributed by atoms with van der Waals surface area (Å²) < 4.78 is 9.02. The fourth-order valence-electron chi connectivity index (χ4n) is 0.492. The van der Waals surface area contributed by atoms with Gasteiger partial charge in [-0.25, -0.2) is 4.79 Å². The van der Waals surface area contributed by atoms with Gasteiger partial charge in [-0.2, -0.15) is 19.4 Å². The lowest BCUT2D eigenvalue weighted by Gasteiger charge is -2.08. The summed E-state index contributed by atoms with van der Waals surface area (Å²) in [5.74, 6) is 0. The Bertz CT molecular complexity index is 245. The van der Waals surface area contributed by atoms with E-state index < -0.39 is 18.5 Å². The van der Waals surface area contributed by atoms with Crippen LogP contribution in [0.5, 0.6) is 0 Å². The summed E-state index contributed by atoms with van der Waals surface area (Å²) in [6, 6.07) is 0. The van der Waals surface area contributed by atoms with E-state index >= 15 is 0 Å². The Kier molecular flexibility index (Phi) is 10.1. The quantitative estimate of drug-likeness (QED) is 0.440. The van der Waals surface area contributed by atoms with Crippen LogP contribution in [0.15, 0.2) is 0 Å². The zero-order valence-electron chi connectivity index (χ0n) is 10.4. The number of carbonyl (C=O) groups excluding carboxylic acids is 2. The fourth-order valence-corrected chi connectivity index (χ4v) is 0.492. The Morgan fingerprint density at radius 3 is 1.17 bits per heavy atom. The van der Waals surface area contributed by atoms with E-state index in [2.05, 4.69) is 19.2 Å². The fraction of sp³-hybridized carbons (Fsp3) is 0.667. The lowest BCUT2D eigenvalue weighted by molar-refractivity contribution is -0.222. The molecule has 0 amide bonds. The van der Waals surface area contributed by atoms with E-state index in [4.69, 9.17) is 15.0 Å². The molecule has 9 nitrogen and oxygen atoms in total. The highest BCUT2D eigenvalue weighted by atomic mass is 17.3. The van der Waals surface area contributed by atoms with Gasteiger partial charge >= 0.3 is 18.5 Å². The van der Waals surface area contributed by atoms with Crippen LogP contribution in [0.4, 0.5) is 14.4 Å². The molecule has 0 rings (SSSR count). The average Bonchev–Trinajstić information content (AvgIpc) is 2.11. The molecule has 0 unspecified atom stereocenters. The van der Waals surface area contributed by atoms with Gasteiger partial charge < -0.3 is 19.7 Å². The summed E-state index contributed by atoms with van der Waals surface area (Å²) in [5.41, 5.74) is 0. The van der Waals surface area contributed by atoms with Crippen molar-refractivity contribution in [1.82, 2.24) is 0 Å². The highest BCUT2D eigenvalue weighted by Gasteiger charge is 2.13. The van der Waals surface area contributed by atoms with E-state index in [1.807, 2.05) is 0 Å². The van der Waals surface area contributed by atoms with Crippen molar-refractivity contribution in [3.05, 3.63) is 0 Å². The smallest absolute Gasteiger partial charge is 0.450 e. The lowest BCUT2D eigenvalue weighted by atomic mass is 10.5. The molecule has 106 valence electrons. The van der Waals surface area contributed by atoms with Crippen molar-refractivity contribution < 1.29 is 43.8 Å². The van der Waals surface area contributed by atoms with Gasteiger partial charge in [0.05, 0.1) is 12.2 Å². The second-order valence-electron chi connectivity index (χ2n) is 3.28. The Morgan fingerprint density at radius 1 is 0.778 bits per heavy atom. The molecule has 9 heteroatoms. The van der Waals surface area contributed by atoms with E-state index in [0.717, 1.165) is 0 Å². The molecule has 0 aromatic heterocycles. The van der Waals surface area contributed by atoms with E-state index in [-0.39, 0.29) is 12.2 Å². The second kappa shape index (κ2) is 10.00. The molecule has 0 spiro atoms. The normalized spacial score (nSPS) is 9.00. The van der Waals surface area contributed by atoms with Crippen LogP contribution < -0.4 is 0 Å². The molecule has 0 aliphatic heterocycles. The van der Waals surface area contributed by atoms with Gasteiger partial charge in [0.15, 0.2) is 0 Å². The summed E-state index contributed by atoms with van der Waals surface area (Å²) in [6.45, 7) is 6.53. The monoisotopic (exact) mass is 268 g/mol. The Balaban J connectivity index is 0. The number of carboxylic acid groups (broad SMARTS) is 2. The van der Waals surface area contributed by atoms with Gasteiger partial charge in [-0.3, -0.25) is 0 Å². The molecule has 0 radical (unpaired) electrons. The largest absolute Gasteiger partial charge is 0.550 e. The molecular formula is C9H16O9. The Morgan fingerprint density at radius 2 is 1.00 bits per heavy atom. The van der Waals surface area contributed by atoms with Crippen molar-refractivity contribution in [3.8, 4) is 0 Å². The van der Waals surface area contributed by atoms with E-state index in [1.54, 1.807) is 27.7 Å². The molecule has 0 aromatic rings. The minimum absolute atomic E-state index is 0.341. The van der Waals surface area contributed by atoms with Crippen LogP contribution in [-0.4, -0.2) is 40.9 Å². The minimum Gasteiger partial charge on any atom is -0.450 e. The number of hydrogen-bond donors (Lipinski definition) is 2. The first-order valence-electron chi connectivity index (χ1n) is 4.82. The van der Waals surface area contributed by atoms with Gasteiger partial charge in [-0.05, 0) is 27.7 Å². The molecule has 0 aromatic carbocycles. The highest BCUT2D eigenvalue weighted by molar-refractivity contribution is 5.63. The minimum atomic E-state index is -1.83. The van der Waals surface area contributed by atoms with Crippen molar-refractivity contribution in [3.63, 3.8) is 0 Å². The van der Waals surface area contributed by atoms with Crippen LogP contribution >= 0.6 is 0 Å². The number of rotatable bonds is 2. The van der Waals surface area contributed by atoms with Crippen LogP contribution in [0.2, 0.25) is 0 Å². The maximum atomic E-state index is 10.7. The van der Waals surface area contributed by atoms with Crippen molar-refractivity contribution >= 4 is 18.5 Å². The summed E-state index contributed by atoms with van der Waals surface area (Å²) >= 11 is 0. The van der Waals surface area contributed by atoms with Crippen LogP contribution in [0.25, 0.3) is 0 Å². The van der Waals surface area contributed by atoms with Crippen molar-refractivity contribution in [1.29, 1.82) is 0 Å². The number of carbonyl (C=O) groups is 3.